The number of alkyl halides is 1. The minimum Gasteiger partial charge on any atom is -0.251 e. The van der Waals surface area contributed by atoms with Crippen molar-refractivity contribution in [1.82, 2.24) is 0 Å². The highest BCUT2D eigenvalue weighted by molar-refractivity contribution is 4.43. The maximum Gasteiger partial charge on any atom is 0.0903 e. The van der Waals surface area contributed by atoms with E-state index in [0.29, 0.717) is 12.8 Å². The smallest absolute Gasteiger partial charge is 0.0903 e. The van der Waals surface area contributed by atoms with E-state index in [0.717, 1.165) is 0 Å². The Morgan fingerprint density at radius 1 is 1.71 bits per heavy atom. The fourth-order valence-corrected chi connectivity index (χ4v) is 0.365. The Bertz CT molecular complexity index is 37.1. The maximum absolute atomic E-state index is 11.2. The van der Waals surface area contributed by atoms with E-state index in [1.807, 2.05) is 0 Å². The van der Waals surface area contributed by atoms with Crippen LogP contribution in [0, 0.1) is 0 Å². The normalized spacial score (nSPS) is 14.1. The van der Waals surface area contributed by atoms with Crippen molar-refractivity contribution < 1.29 is 9.50 Å². The first-order valence-corrected chi connectivity index (χ1v) is 2.49. The van der Waals surface area contributed by atoms with Gasteiger partial charge in [-0.15, -0.1) is 0 Å². The van der Waals surface area contributed by atoms with Crippen molar-refractivity contribution in [3.05, 3.63) is 0 Å². The van der Waals surface area contributed by atoms with Crippen molar-refractivity contribution >= 4 is 0 Å². The molecule has 0 aromatic carbocycles. The Labute approximate surface area is 43.2 Å². The highest BCUT2D eigenvalue weighted by Crippen LogP contribution is 1.94. The third kappa shape index (κ3) is 5.89. The predicted octanol–water partition coefficient (Wildman–Crippen LogP) is 1.56. The van der Waals surface area contributed by atoms with E-state index in [9.17, 15) is 9.50 Å². The largest absolute Gasteiger partial charge is 0.251 e. The Morgan fingerprint density at radius 2 is 2.29 bits per heavy atom. The van der Waals surface area contributed by atoms with Crippen molar-refractivity contribution in [2.24, 2.45) is 0 Å². The van der Waals surface area contributed by atoms with Gasteiger partial charge in [-0.1, -0.05) is 0 Å². The van der Waals surface area contributed by atoms with E-state index in [1.54, 1.807) is 6.92 Å². The van der Waals surface area contributed by atoms with Crippen LogP contribution in [0.3, 0.4) is 0 Å². The minimum atomic E-state index is -0.587. The van der Waals surface area contributed by atoms with Gasteiger partial charge in [0.05, 0.1) is 12.8 Å². The van der Waals surface area contributed by atoms with E-state index in [-0.39, 0.29) is 6.67 Å². The Balaban J connectivity index is 2.68. The fraction of sp³-hybridized carbons (Fsp3) is 1.00. The van der Waals surface area contributed by atoms with Crippen LogP contribution in [0.25, 0.3) is 0 Å². The monoisotopic (exact) mass is 105 g/mol. The lowest BCUT2D eigenvalue weighted by molar-refractivity contribution is 0.0937. The van der Waals surface area contributed by atoms with E-state index >= 15 is 0 Å². The molecule has 7 heavy (non-hydrogen) atoms. The van der Waals surface area contributed by atoms with Crippen LogP contribution in [0.15, 0.2) is 0 Å². The molecule has 1 unspecified atom stereocenters. The summed E-state index contributed by atoms with van der Waals surface area (Å²) in [7, 11) is 0. The summed E-state index contributed by atoms with van der Waals surface area (Å²) in [6, 6.07) is 0. The van der Waals surface area contributed by atoms with E-state index in [4.69, 9.17) is 0 Å². The second-order valence-corrected chi connectivity index (χ2v) is 1.64. The van der Waals surface area contributed by atoms with Gasteiger partial charge < -0.3 is 0 Å². The van der Waals surface area contributed by atoms with Crippen molar-refractivity contribution in [1.29, 1.82) is 0 Å². The van der Waals surface area contributed by atoms with Gasteiger partial charge in [0, 0.05) is 0 Å². The van der Waals surface area contributed by atoms with Crippen LogP contribution in [-0.2, 0) is 5.11 Å². The summed E-state index contributed by atoms with van der Waals surface area (Å²) in [4.78, 5) is 0. The lowest BCUT2D eigenvalue weighted by Crippen LogP contribution is -1.96. The zero-order chi connectivity index (χ0) is 5.70. The third-order valence-corrected chi connectivity index (χ3v) is 0.744. The second kappa shape index (κ2) is 4.06. The van der Waals surface area contributed by atoms with Gasteiger partial charge in [-0.2, -0.15) is 0 Å². The average Bonchev–Trinajstić information content (AvgIpc) is 1.61. The molecule has 0 bridgehead atoms. The van der Waals surface area contributed by atoms with Crippen LogP contribution < -0.4 is 0 Å². The molecule has 0 rings (SSSR count). The zero-order valence-corrected chi connectivity index (χ0v) is 4.48. The van der Waals surface area contributed by atoms with E-state index in [1.165, 1.54) is 0 Å². The van der Waals surface area contributed by atoms with Crippen molar-refractivity contribution in [3.63, 3.8) is 0 Å². The number of hydrogen-bond acceptors (Lipinski definition) is 0. The second-order valence-electron chi connectivity index (χ2n) is 1.64. The molecule has 0 aliphatic carbocycles. The number of hydrogen-bond donors (Lipinski definition) is 0. The molecule has 0 aromatic heterocycles. The minimum absolute atomic E-state index is 0.355. The molecule has 2 heteroatoms. The van der Waals surface area contributed by atoms with Crippen molar-refractivity contribution in [2.75, 3.05) is 6.67 Å². The van der Waals surface area contributed by atoms with Crippen LogP contribution in [0.1, 0.15) is 19.8 Å². The zero-order valence-electron chi connectivity index (χ0n) is 4.48. The molecular formula is C5H10FO. The van der Waals surface area contributed by atoms with Crippen LogP contribution >= 0.6 is 0 Å². The first-order chi connectivity index (χ1) is 3.27. The van der Waals surface area contributed by atoms with Crippen LogP contribution in [0.4, 0.5) is 4.39 Å². The summed E-state index contributed by atoms with van der Waals surface area (Å²) in [5.41, 5.74) is 0. The first kappa shape index (κ1) is 6.89. The van der Waals surface area contributed by atoms with Crippen LogP contribution in [-0.4, -0.2) is 12.8 Å². The standard InChI is InChI=1S/C5H10FO/c1-5(7)3-2-4-6/h5H,2-4H2,1H3. The lowest BCUT2D eigenvalue weighted by atomic mass is 10.2. The van der Waals surface area contributed by atoms with Crippen molar-refractivity contribution in [2.45, 2.75) is 25.9 Å². The fourth-order valence-electron chi connectivity index (χ4n) is 0.365. The van der Waals surface area contributed by atoms with Gasteiger partial charge >= 0.3 is 0 Å². The van der Waals surface area contributed by atoms with Gasteiger partial charge in [0.1, 0.15) is 0 Å². The summed E-state index contributed by atoms with van der Waals surface area (Å²) in [6.45, 7) is 1.20. The molecule has 0 aliphatic heterocycles. The average molecular weight is 105 g/mol. The van der Waals surface area contributed by atoms with Gasteiger partial charge in [0.15, 0.2) is 0 Å². The molecule has 0 heterocycles. The van der Waals surface area contributed by atoms with E-state index < -0.39 is 6.10 Å². The molecule has 0 saturated heterocycles. The van der Waals surface area contributed by atoms with Gasteiger partial charge in [-0.05, 0) is 19.8 Å². The molecule has 0 N–H and O–H groups in total. The Hall–Kier alpha value is -0.110. The van der Waals surface area contributed by atoms with Gasteiger partial charge in [0.2, 0.25) is 0 Å². The summed E-state index contributed by atoms with van der Waals surface area (Å²) in [5.74, 6) is 0. The molecule has 0 aromatic rings. The summed E-state index contributed by atoms with van der Waals surface area (Å²) >= 11 is 0. The SMILES string of the molecule is CC([O])CCCF. The summed E-state index contributed by atoms with van der Waals surface area (Å²) < 4.78 is 11.2. The molecule has 43 valence electrons. The van der Waals surface area contributed by atoms with Gasteiger partial charge in [-0.3, -0.25) is 4.39 Å². The topological polar surface area (TPSA) is 19.9 Å². The highest BCUT2D eigenvalue weighted by atomic mass is 19.1. The van der Waals surface area contributed by atoms with Crippen LogP contribution in [0.5, 0.6) is 0 Å². The molecule has 0 amide bonds. The van der Waals surface area contributed by atoms with Gasteiger partial charge in [-0.25, -0.2) is 5.11 Å². The molecule has 1 radical (unpaired) electrons. The summed E-state index contributed by atoms with van der Waals surface area (Å²) in [6.07, 6.45) is 0.303. The molecular weight excluding hydrogens is 95.1 g/mol. The van der Waals surface area contributed by atoms with Gasteiger partial charge in [0.25, 0.3) is 0 Å². The maximum atomic E-state index is 11.2. The Kier molecular flexibility index (Phi) is 4.00. The molecule has 1 atom stereocenters. The third-order valence-electron chi connectivity index (χ3n) is 0.744. The molecule has 1 nitrogen and oxygen atoms in total. The highest BCUT2D eigenvalue weighted by Gasteiger charge is 1.94. The predicted molar refractivity (Wildman–Crippen MR) is 25.4 cm³/mol. The lowest BCUT2D eigenvalue weighted by Gasteiger charge is -1.94. The van der Waals surface area contributed by atoms with Crippen molar-refractivity contribution in [3.8, 4) is 0 Å². The Morgan fingerprint density at radius 3 is 2.43 bits per heavy atom. The summed E-state index contributed by atoms with van der Waals surface area (Å²) in [5, 5.41) is 10.1. The molecule has 0 aliphatic rings. The molecule has 0 spiro atoms. The quantitative estimate of drug-likeness (QED) is 0.519. The first-order valence-electron chi connectivity index (χ1n) is 2.49. The molecule has 0 fully saturated rings. The number of rotatable bonds is 3. The van der Waals surface area contributed by atoms with E-state index in [2.05, 4.69) is 0 Å². The molecule has 0 saturated carbocycles. The number of halogens is 1. The van der Waals surface area contributed by atoms with Crippen LogP contribution in [0.2, 0.25) is 0 Å².